The first-order chi connectivity index (χ1) is 9.06. The Balaban J connectivity index is 1.81. The van der Waals surface area contributed by atoms with Crippen LogP contribution in [-0.4, -0.2) is 35.8 Å². The second-order valence-electron chi connectivity index (χ2n) is 6.28. The molecule has 108 valence electrons. The molecule has 0 aromatic carbocycles. The quantitative estimate of drug-likeness (QED) is 0.848. The summed E-state index contributed by atoms with van der Waals surface area (Å²) in [4.78, 5) is 25.4. The van der Waals surface area contributed by atoms with E-state index in [1.54, 1.807) is 6.92 Å². The molecule has 1 heterocycles. The van der Waals surface area contributed by atoms with Crippen molar-refractivity contribution in [3.05, 3.63) is 0 Å². The van der Waals surface area contributed by atoms with Crippen LogP contribution in [0.15, 0.2) is 0 Å². The van der Waals surface area contributed by atoms with Gasteiger partial charge in [0.15, 0.2) is 0 Å². The van der Waals surface area contributed by atoms with E-state index in [4.69, 9.17) is 0 Å². The number of rotatable bonds is 3. The van der Waals surface area contributed by atoms with Crippen LogP contribution in [0.4, 0.5) is 0 Å². The van der Waals surface area contributed by atoms with Gasteiger partial charge in [0.05, 0.1) is 0 Å². The molecule has 2 amide bonds. The molecular formula is C15H26N2O2. The Hall–Kier alpha value is -1.06. The Bertz CT molecular complexity index is 335. The molecule has 1 saturated carbocycles. The fourth-order valence-corrected chi connectivity index (χ4v) is 3.17. The van der Waals surface area contributed by atoms with E-state index in [1.807, 2.05) is 4.90 Å². The minimum atomic E-state index is -0.360. The van der Waals surface area contributed by atoms with Gasteiger partial charge in [0.2, 0.25) is 11.8 Å². The number of hydrogen-bond acceptors (Lipinski definition) is 2. The number of nitrogens with one attached hydrogen (secondary N) is 1. The molecule has 1 aliphatic heterocycles. The minimum Gasteiger partial charge on any atom is -0.345 e. The normalized spacial score (nSPS) is 32.9. The molecule has 4 heteroatoms. The summed E-state index contributed by atoms with van der Waals surface area (Å²) in [7, 11) is 0. The summed E-state index contributed by atoms with van der Waals surface area (Å²) in [6, 6.07) is -0.360. The average Bonchev–Trinajstić information content (AvgIpc) is 2.50. The largest absolute Gasteiger partial charge is 0.345 e. The van der Waals surface area contributed by atoms with E-state index >= 15 is 0 Å². The van der Waals surface area contributed by atoms with Gasteiger partial charge in [-0.25, -0.2) is 0 Å². The fourth-order valence-electron chi connectivity index (χ4n) is 3.17. The third-order valence-electron chi connectivity index (χ3n) is 4.61. The highest BCUT2D eigenvalue weighted by Gasteiger charge is 2.27. The van der Waals surface area contributed by atoms with E-state index in [-0.39, 0.29) is 17.9 Å². The first-order valence-electron chi connectivity index (χ1n) is 7.64. The lowest BCUT2D eigenvalue weighted by molar-refractivity contribution is -0.133. The molecule has 0 aromatic heterocycles. The summed E-state index contributed by atoms with van der Waals surface area (Å²) < 4.78 is 0. The van der Waals surface area contributed by atoms with Crippen LogP contribution in [-0.2, 0) is 9.59 Å². The third kappa shape index (κ3) is 3.95. The van der Waals surface area contributed by atoms with Gasteiger partial charge < -0.3 is 10.2 Å². The van der Waals surface area contributed by atoms with Gasteiger partial charge in [-0.15, -0.1) is 0 Å². The Morgan fingerprint density at radius 1 is 1.16 bits per heavy atom. The molecule has 0 bridgehead atoms. The maximum absolute atomic E-state index is 12.1. The van der Waals surface area contributed by atoms with E-state index in [0.717, 1.165) is 24.8 Å². The lowest BCUT2D eigenvalue weighted by Crippen LogP contribution is -2.43. The van der Waals surface area contributed by atoms with Gasteiger partial charge in [-0.05, 0) is 25.2 Å². The highest BCUT2D eigenvalue weighted by Crippen LogP contribution is 2.30. The van der Waals surface area contributed by atoms with Crippen LogP contribution >= 0.6 is 0 Å². The lowest BCUT2D eigenvalue weighted by Gasteiger charge is -2.29. The molecule has 1 unspecified atom stereocenters. The summed E-state index contributed by atoms with van der Waals surface area (Å²) in [6.45, 7) is 5.50. The van der Waals surface area contributed by atoms with Gasteiger partial charge in [-0.1, -0.05) is 32.6 Å². The molecule has 1 N–H and O–H groups in total. The van der Waals surface area contributed by atoms with Crippen molar-refractivity contribution >= 4 is 11.8 Å². The summed E-state index contributed by atoms with van der Waals surface area (Å²) in [5.74, 6) is 1.72. The number of carbonyl (C=O) groups excluding carboxylic acids is 2. The van der Waals surface area contributed by atoms with Gasteiger partial charge in [-0.3, -0.25) is 9.59 Å². The van der Waals surface area contributed by atoms with E-state index in [0.29, 0.717) is 13.0 Å². The van der Waals surface area contributed by atoms with Gasteiger partial charge in [-0.2, -0.15) is 0 Å². The molecule has 1 aliphatic carbocycles. The van der Waals surface area contributed by atoms with Crippen molar-refractivity contribution in [1.82, 2.24) is 10.2 Å². The van der Waals surface area contributed by atoms with Crippen molar-refractivity contribution in [3.8, 4) is 0 Å². The molecule has 2 aliphatic rings. The summed E-state index contributed by atoms with van der Waals surface area (Å²) in [5, 5.41) is 2.74. The molecule has 4 nitrogen and oxygen atoms in total. The summed E-state index contributed by atoms with van der Waals surface area (Å²) >= 11 is 0. The topological polar surface area (TPSA) is 49.4 Å². The molecule has 1 atom stereocenters. The highest BCUT2D eigenvalue weighted by atomic mass is 16.2. The first-order valence-corrected chi connectivity index (χ1v) is 7.64. The van der Waals surface area contributed by atoms with Crippen molar-refractivity contribution in [1.29, 1.82) is 0 Å². The Morgan fingerprint density at radius 2 is 1.84 bits per heavy atom. The van der Waals surface area contributed by atoms with Crippen LogP contribution in [0, 0.1) is 11.8 Å². The van der Waals surface area contributed by atoms with Gasteiger partial charge >= 0.3 is 0 Å². The van der Waals surface area contributed by atoms with Crippen LogP contribution in [0.2, 0.25) is 0 Å². The highest BCUT2D eigenvalue weighted by molar-refractivity contribution is 5.89. The monoisotopic (exact) mass is 266 g/mol. The Morgan fingerprint density at radius 3 is 2.53 bits per heavy atom. The molecule has 0 radical (unpaired) electrons. The van der Waals surface area contributed by atoms with Gasteiger partial charge in [0.1, 0.15) is 6.04 Å². The van der Waals surface area contributed by atoms with Crippen molar-refractivity contribution in [2.75, 3.05) is 13.1 Å². The molecule has 2 rings (SSSR count). The zero-order chi connectivity index (χ0) is 13.8. The SMILES string of the molecule is CC1CCC(CCN2CCC(=O)NC(C)C2=O)CC1. The summed E-state index contributed by atoms with van der Waals surface area (Å²) in [6.07, 6.45) is 6.80. The predicted octanol–water partition coefficient (Wildman–Crippen LogP) is 1.94. The molecule has 1 saturated heterocycles. The second kappa shape index (κ2) is 6.40. The van der Waals surface area contributed by atoms with Crippen molar-refractivity contribution in [2.45, 2.75) is 58.4 Å². The second-order valence-corrected chi connectivity index (χ2v) is 6.28. The maximum Gasteiger partial charge on any atom is 0.244 e. The van der Waals surface area contributed by atoms with E-state index < -0.39 is 0 Å². The fraction of sp³-hybridized carbons (Fsp3) is 0.867. The Labute approximate surface area is 115 Å². The average molecular weight is 266 g/mol. The Kier molecular flexibility index (Phi) is 4.83. The molecular weight excluding hydrogens is 240 g/mol. The van der Waals surface area contributed by atoms with Crippen LogP contribution < -0.4 is 5.32 Å². The molecule has 0 aromatic rings. The minimum absolute atomic E-state index is 0.00478. The van der Waals surface area contributed by atoms with Crippen LogP contribution in [0.1, 0.15) is 52.4 Å². The zero-order valence-corrected chi connectivity index (χ0v) is 12.2. The van der Waals surface area contributed by atoms with E-state index in [1.165, 1.54) is 25.7 Å². The van der Waals surface area contributed by atoms with Crippen molar-refractivity contribution < 1.29 is 9.59 Å². The third-order valence-corrected chi connectivity index (χ3v) is 4.61. The van der Waals surface area contributed by atoms with Crippen LogP contribution in [0.5, 0.6) is 0 Å². The number of nitrogens with zero attached hydrogens (tertiary/aromatic N) is 1. The first kappa shape index (κ1) is 14.4. The number of hydrogen-bond donors (Lipinski definition) is 1. The predicted molar refractivity (Wildman–Crippen MR) is 74.5 cm³/mol. The van der Waals surface area contributed by atoms with Crippen molar-refractivity contribution in [3.63, 3.8) is 0 Å². The van der Waals surface area contributed by atoms with Crippen LogP contribution in [0.3, 0.4) is 0 Å². The van der Waals surface area contributed by atoms with Gasteiger partial charge in [0.25, 0.3) is 0 Å². The van der Waals surface area contributed by atoms with E-state index in [9.17, 15) is 9.59 Å². The number of carbonyl (C=O) groups is 2. The maximum atomic E-state index is 12.1. The molecule has 2 fully saturated rings. The smallest absolute Gasteiger partial charge is 0.244 e. The van der Waals surface area contributed by atoms with E-state index in [2.05, 4.69) is 12.2 Å². The van der Waals surface area contributed by atoms with Gasteiger partial charge in [0, 0.05) is 19.5 Å². The standard InChI is InChI=1S/C15H26N2O2/c1-11-3-5-13(6-4-11)7-9-17-10-8-14(18)16-12(2)15(17)19/h11-13H,3-10H2,1-2H3,(H,16,18). The molecule has 0 spiro atoms. The van der Waals surface area contributed by atoms with Crippen LogP contribution in [0.25, 0.3) is 0 Å². The molecule has 19 heavy (non-hydrogen) atoms. The van der Waals surface area contributed by atoms with Crippen molar-refractivity contribution in [2.24, 2.45) is 11.8 Å². The lowest BCUT2D eigenvalue weighted by atomic mass is 9.81. The summed E-state index contributed by atoms with van der Waals surface area (Å²) in [5.41, 5.74) is 0. The number of amides is 2. The zero-order valence-electron chi connectivity index (χ0n) is 12.2.